The molecule has 4 nitrogen and oxygen atoms in total. The van der Waals surface area contributed by atoms with Crippen molar-refractivity contribution in [3.63, 3.8) is 0 Å². The average molecular weight is 324 g/mol. The lowest BCUT2D eigenvalue weighted by Gasteiger charge is -2.52. The first-order valence-electron chi connectivity index (χ1n) is 9.42. The first kappa shape index (κ1) is 16.1. The molecular formula is C20H28N4. The van der Waals surface area contributed by atoms with Gasteiger partial charge >= 0.3 is 0 Å². The predicted octanol–water partition coefficient (Wildman–Crippen LogP) is 2.10. The zero-order valence-corrected chi connectivity index (χ0v) is 14.4. The molecule has 4 heteroatoms. The maximum Gasteiger partial charge on any atom is 0.0642 e. The SMILES string of the molecule is N#CCC1(N2CCC(CN[C@@H]3C[C@H]3c3ccccc3)CC2)CNC1. The Bertz CT molecular complexity index is 581. The maximum absolute atomic E-state index is 9.11. The van der Waals surface area contributed by atoms with Gasteiger partial charge in [-0.1, -0.05) is 30.3 Å². The van der Waals surface area contributed by atoms with E-state index in [9.17, 15) is 0 Å². The molecule has 24 heavy (non-hydrogen) atoms. The minimum Gasteiger partial charge on any atom is -0.313 e. The van der Waals surface area contributed by atoms with Crippen molar-refractivity contribution in [3.8, 4) is 6.07 Å². The Morgan fingerprint density at radius 1 is 1.21 bits per heavy atom. The zero-order valence-electron chi connectivity index (χ0n) is 14.4. The van der Waals surface area contributed by atoms with Crippen molar-refractivity contribution in [2.75, 3.05) is 32.7 Å². The van der Waals surface area contributed by atoms with E-state index < -0.39 is 0 Å². The summed E-state index contributed by atoms with van der Waals surface area (Å²) in [5.41, 5.74) is 1.63. The van der Waals surface area contributed by atoms with Crippen molar-refractivity contribution in [1.82, 2.24) is 15.5 Å². The minimum absolute atomic E-state index is 0.141. The van der Waals surface area contributed by atoms with E-state index in [1.165, 1.54) is 24.8 Å². The van der Waals surface area contributed by atoms with Crippen molar-refractivity contribution in [2.45, 2.75) is 43.2 Å². The van der Waals surface area contributed by atoms with Crippen LogP contribution in [0.2, 0.25) is 0 Å². The molecule has 1 aromatic rings. The summed E-state index contributed by atoms with van der Waals surface area (Å²) in [5.74, 6) is 1.52. The van der Waals surface area contributed by atoms with Crippen molar-refractivity contribution in [1.29, 1.82) is 5.26 Å². The van der Waals surface area contributed by atoms with Gasteiger partial charge in [-0.2, -0.15) is 5.26 Å². The number of rotatable bonds is 6. The molecule has 2 N–H and O–H groups in total. The summed E-state index contributed by atoms with van der Waals surface area (Å²) in [5, 5.41) is 16.3. The largest absolute Gasteiger partial charge is 0.313 e. The van der Waals surface area contributed by atoms with E-state index in [0.717, 1.165) is 44.6 Å². The standard InChI is InChI=1S/C20H28N4/c21-9-8-20(14-22-15-20)24-10-6-16(7-11-24)13-23-19-12-18(19)17-4-2-1-3-5-17/h1-5,16,18-19,22-23H,6-8,10-15H2/t18-,19+/m0/s1. The van der Waals surface area contributed by atoms with Gasteiger partial charge in [-0.3, -0.25) is 4.90 Å². The van der Waals surface area contributed by atoms with Crippen LogP contribution in [-0.4, -0.2) is 49.2 Å². The molecule has 2 atom stereocenters. The lowest BCUT2D eigenvalue weighted by atomic mass is 9.83. The van der Waals surface area contributed by atoms with Gasteiger partial charge < -0.3 is 10.6 Å². The third-order valence-corrected chi connectivity index (χ3v) is 6.29. The number of nitrogens with one attached hydrogen (secondary N) is 2. The molecule has 1 aromatic carbocycles. The molecule has 2 aliphatic heterocycles. The van der Waals surface area contributed by atoms with E-state index in [1.807, 2.05) is 0 Å². The highest BCUT2D eigenvalue weighted by atomic mass is 15.3. The van der Waals surface area contributed by atoms with Crippen LogP contribution in [-0.2, 0) is 0 Å². The number of likely N-dealkylation sites (tertiary alicyclic amines) is 1. The van der Waals surface area contributed by atoms with E-state index in [2.05, 4.69) is 51.9 Å². The molecular weight excluding hydrogens is 296 g/mol. The first-order valence-corrected chi connectivity index (χ1v) is 9.42. The molecule has 0 spiro atoms. The van der Waals surface area contributed by atoms with Crippen LogP contribution in [0, 0.1) is 17.2 Å². The van der Waals surface area contributed by atoms with Crippen LogP contribution in [0.5, 0.6) is 0 Å². The van der Waals surface area contributed by atoms with Crippen molar-refractivity contribution >= 4 is 0 Å². The second kappa shape index (κ2) is 6.84. The summed E-state index contributed by atoms with van der Waals surface area (Å²) < 4.78 is 0. The molecule has 0 amide bonds. The summed E-state index contributed by atoms with van der Waals surface area (Å²) >= 11 is 0. The fraction of sp³-hybridized carbons (Fsp3) is 0.650. The highest BCUT2D eigenvalue weighted by molar-refractivity contribution is 5.27. The zero-order chi connectivity index (χ0) is 16.4. The van der Waals surface area contributed by atoms with Crippen LogP contribution < -0.4 is 10.6 Å². The second-order valence-electron chi connectivity index (χ2n) is 7.86. The van der Waals surface area contributed by atoms with Gasteiger partial charge in [0.1, 0.15) is 0 Å². The van der Waals surface area contributed by atoms with E-state index in [4.69, 9.17) is 5.26 Å². The van der Waals surface area contributed by atoms with Crippen LogP contribution >= 0.6 is 0 Å². The van der Waals surface area contributed by atoms with Gasteiger partial charge in [0.2, 0.25) is 0 Å². The van der Waals surface area contributed by atoms with Crippen LogP contribution in [0.3, 0.4) is 0 Å². The molecule has 1 aliphatic carbocycles. The summed E-state index contributed by atoms with van der Waals surface area (Å²) in [6, 6.07) is 14.0. The topological polar surface area (TPSA) is 51.1 Å². The molecule has 2 saturated heterocycles. The van der Waals surface area contributed by atoms with Crippen LogP contribution in [0.15, 0.2) is 30.3 Å². The Kier molecular flexibility index (Phi) is 4.58. The number of piperidine rings is 1. The lowest BCUT2D eigenvalue weighted by molar-refractivity contribution is 0.0132. The van der Waals surface area contributed by atoms with Crippen molar-refractivity contribution in [3.05, 3.63) is 35.9 Å². The quantitative estimate of drug-likeness (QED) is 0.841. The summed E-state index contributed by atoms with van der Waals surface area (Å²) in [7, 11) is 0. The highest BCUT2D eigenvalue weighted by Gasteiger charge is 2.44. The molecule has 2 heterocycles. The molecule has 0 unspecified atom stereocenters. The molecule has 3 fully saturated rings. The number of nitriles is 1. The summed E-state index contributed by atoms with van der Waals surface area (Å²) in [6.07, 6.45) is 4.50. The third-order valence-electron chi connectivity index (χ3n) is 6.29. The van der Waals surface area contributed by atoms with Gasteiger partial charge in [0.05, 0.1) is 18.0 Å². The monoisotopic (exact) mass is 324 g/mol. The molecule has 3 aliphatic rings. The smallest absolute Gasteiger partial charge is 0.0642 e. The fourth-order valence-corrected chi connectivity index (χ4v) is 4.44. The van der Waals surface area contributed by atoms with E-state index in [1.54, 1.807) is 0 Å². The van der Waals surface area contributed by atoms with Gasteiger partial charge in [0.15, 0.2) is 0 Å². The van der Waals surface area contributed by atoms with Gasteiger partial charge in [0, 0.05) is 25.0 Å². The maximum atomic E-state index is 9.11. The van der Waals surface area contributed by atoms with Crippen LogP contribution in [0.25, 0.3) is 0 Å². The normalized spacial score (nSPS) is 29.6. The Morgan fingerprint density at radius 3 is 2.58 bits per heavy atom. The van der Waals surface area contributed by atoms with Gasteiger partial charge in [-0.05, 0) is 50.4 Å². The molecule has 1 saturated carbocycles. The number of nitrogens with zero attached hydrogens (tertiary/aromatic N) is 2. The van der Waals surface area contributed by atoms with Crippen LogP contribution in [0.1, 0.15) is 37.2 Å². The Labute approximate surface area is 145 Å². The van der Waals surface area contributed by atoms with Gasteiger partial charge in [-0.15, -0.1) is 0 Å². The Morgan fingerprint density at radius 2 is 1.96 bits per heavy atom. The van der Waals surface area contributed by atoms with Gasteiger partial charge in [-0.25, -0.2) is 0 Å². The van der Waals surface area contributed by atoms with Crippen molar-refractivity contribution in [2.24, 2.45) is 5.92 Å². The van der Waals surface area contributed by atoms with E-state index >= 15 is 0 Å². The number of hydrogen-bond donors (Lipinski definition) is 2. The molecule has 4 rings (SSSR count). The predicted molar refractivity (Wildman–Crippen MR) is 95.7 cm³/mol. The van der Waals surface area contributed by atoms with E-state index in [0.29, 0.717) is 12.5 Å². The summed E-state index contributed by atoms with van der Waals surface area (Å²) in [4.78, 5) is 2.58. The molecule has 0 aromatic heterocycles. The number of benzene rings is 1. The Balaban J connectivity index is 1.20. The average Bonchev–Trinajstić information content (AvgIpc) is 3.37. The van der Waals surface area contributed by atoms with Crippen molar-refractivity contribution < 1.29 is 0 Å². The second-order valence-corrected chi connectivity index (χ2v) is 7.86. The minimum atomic E-state index is 0.141. The fourth-order valence-electron chi connectivity index (χ4n) is 4.44. The first-order chi connectivity index (χ1) is 11.8. The Hall–Kier alpha value is -1.41. The molecule has 128 valence electrons. The number of hydrogen-bond acceptors (Lipinski definition) is 4. The van der Waals surface area contributed by atoms with Crippen LogP contribution in [0.4, 0.5) is 0 Å². The highest BCUT2D eigenvalue weighted by Crippen LogP contribution is 2.40. The van der Waals surface area contributed by atoms with Gasteiger partial charge in [0.25, 0.3) is 0 Å². The molecule has 0 radical (unpaired) electrons. The lowest BCUT2D eigenvalue weighted by Crippen LogP contribution is -2.69. The summed E-state index contributed by atoms with van der Waals surface area (Å²) in [6.45, 7) is 5.45. The third kappa shape index (κ3) is 3.21. The molecule has 0 bridgehead atoms. The van der Waals surface area contributed by atoms with E-state index in [-0.39, 0.29) is 5.54 Å².